The highest BCUT2D eigenvalue weighted by molar-refractivity contribution is 5.79. The van der Waals surface area contributed by atoms with E-state index in [1.165, 1.54) is 0 Å². The van der Waals surface area contributed by atoms with E-state index < -0.39 is 41.9 Å². The molecule has 1 aromatic rings. The van der Waals surface area contributed by atoms with Crippen molar-refractivity contribution < 1.29 is 38.6 Å². The van der Waals surface area contributed by atoms with Gasteiger partial charge in [-0.25, -0.2) is 9.59 Å². The van der Waals surface area contributed by atoms with Crippen molar-refractivity contribution >= 4 is 24.1 Å². The molecule has 182 valence electrons. The molecule has 0 spiro atoms. The van der Waals surface area contributed by atoms with Gasteiger partial charge in [0, 0.05) is 25.8 Å². The summed E-state index contributed by atoms with van der Waals surface area (Å²) in [5.41, 5.74) is 0.110. The second-order valence-electron chi connectivity index (χ2n) is 8.53. The maximum atomic E-state index is 12.2. The summed E-state index contributed by atoms with van der Waals surface area (Å²) in [6.07, 6.45) is -2.52. The molecule has 1 saturated heterocycles. The fraction of sp³-hybridized carbons (Fsp3) is 0.545. The first-order valence-corrected chi connectivity index (χ1v) is 10.7. The van der Waals surface area contributed by atoms with Gasteiger partial charge in [-0.05, 0) is 32.8 Å². The fourth-order valence-electron chi connectivity index (χ4n) is 2.89. The molecule has 0 aliphatic carbocycles. The quantitative estimate of drug-likeness (QED) is 0.470. The van der Waals surface area contributed by atoms with E-state index in [1.807, 2.05) is 30.3 Å². The molecule has 0 radical (unpaired) electrons. The van der Waals surface area contributed by atoms with Crippen molar-refractivity contribution in [2.45, 2.75) is 70.9 Å². The molecule has 3 N–H and O–H groups in total. The Morgan fingerprint density at radius 2 is 1.88 bits per heavy atom. The number of nitrogens with one attached hydrogen (secondary N) is 2. The highest BCUT2D eigenvalue weighted by Gasteiger charge is 2.33. The molecule has 1 unspecified atom stereocenters. The zero-order chi connectivity index (χ0) is 24.4. The predicted molar refractivity (Wildman–Crippen MR) is 115 cm³/mol. The number of hydrogen-bond acceptors (Lipinski definition) is 8. The van der Waals surface area contributed by atoms with Gasteiger partial charge in [-0.2, -0.15) is 0 Å². The third-order valence-electron chi connectivity index (χ3n) is 4.47. The number of carbonyl (C=O) groups excluding carboxylic acids is 4. The van der Waals surface area contributed by atoms with E-state index in [-0.39, 0.29) is 38.8 Å². The molecule has 2 atom stereocenters. The van der Waals surface area contributed by atoms with E-state index in [9.17, 15) is 24.3 Å². The highest BCUT2D eigenvalue weighted by Crippen LogP contribution is 2.16. The van der Waals surface area contributed by atoms with Crippen molar-refractivity contribution in [3.05, 3.63) is 35.9 Å². The average Bonchev–Trinajstić information content (AvgIpc) is 3.05. The van der Waals surface area contributed by atoms with Crippen LogP contribution >= 0.6 is 0 Å². The van der Waals surface area contributed by atoms with Crippen LogP contribution in [-0.4, -0.2) is 58.6 Å². The van der Waals surface area contributed by atoms with Crippen LogP contribution in [0.25, 0.3) is 0 Å². The molecule has 33 heavy (non-hydrogen) atoms. The Balaban J connectivity index is 1.86. The zero-order valence-corrected chi connectivity index (χ0v) is 19.0. The van der Waals surface area contributed by atoms with Crippen molar-refractivity contribution in [2.75, 3.05) is 6.54 Å². The third-order valence-corrected chi connectivity index (χ3v) is 4.47. The minimum absolute atomic E-state index is 0.0205. The molecular weight excluding hydrogens is 434 g/mol. The van der Waals surface area contributed by atoms with Gasteiger partial charge in [0.05, 0.1) is 6.04 Å². The number of carbonyl (C=O) groups is 4. The first-order chi connectivity index (χ1) is 15.5. The van der Waals surface area contributed by atoms with Gasteiger partial charge in [-0.15, -0.1) is 5.06 Å². The van der Waals surface area contributed by atoms with Crippen LogP contribution in [0, 0.1) is 0 Å². The van der Waals surface area contributed by atoms with Crippen LogP contribution in [0.3, 0.4) is 0 Å². The number of nitrogens with zero attached hydrogens (tertiary/aromatic N) is 1. The minimum atomic E-state index is -1.20. The van der Waals surface area contributed by atoms with Crippen LogP contribution in [-0.2, 0) is 30.5 Å². The maximum absolute atomic E-state index is 12.2. The smallest absolute Gasteiger partial charge is 0.431 e. The summed E-state index contributed by atoms with van der Waals surface area (Å²) in [6, 6.07) is 8.51. The van der Waals surface area contributed by atoms with Crippen LogP contribution in [0.2, 0.25) is 0 Å². The molecule has 1 aliphatic rings. The summed E-state index contributed by atoms with van der Waals surface area (Å²) in [4.78, 5) is 52.8. The van der Waals surface area contributed by atoms with E-state index in [1.54, 1.807) is 20.8 Å². The van der Waals surface area contributed by atoms with E-state index in [0.29, 0.717) is 5.06 Å². The minimum Gasteiger partial charge on any atom is -0.461 e. The predicted octanol–water partition coefficient (Wildman–Crippen LogP) is 1.99. The first kappa shape index (κ1) is 25.9. The summed E-state index contributed by atoms with van der Waals surface area (Å²) < 4.78 is 10.5. The molecule has 0 aromatic heterocycles. The second kappa shape index (κ2) is 12.0. The molecule has 1 aliphatic heterocycles. The Morgan fingerprint density at radius 1 is 1.18 bits per heavy atom. The number of aliphatic hydroxyl groups is 1. The Labute approximate surface area is 192 Å². The third kappa shape index (κ3) is 9.77. The Hall–Kier alpha value is -3.34. The molecule has 3 amide bonds. The van der Waals surface area contributed by atoms with Gasteiger partial charge in [-0.3, -0.25) is 9.59 Å². The Kier molecular flexibility index (Phi) is 9.46. The Morgan fingerprint density at radius 3 is 2.48 bits per heavy atom. The van der Waals surface area contributed by atoms with Gasteiger partial charge in [0.15, 0.2) is 6.23 Å². The molecular formula is C22H31N3O8. The topological polar surface area (TPSA) is 143 Å². The highest BCUT2D eigenvalue weighted by atomic mass is 16.7. The second-order valence-corrected chi connectivity index (χ2v) is 8.53. The monoisotopic (exact) mass is 465 g/mol. The lowest BCUT2D eigenvalue weighted by atomic mass is 10.1. The summed E-state index contributed by atoms with van der Waals surface area (Å²) >= 11 is 0. The first-order valence-electron chi connectivity index (χ1n) is 10.7. The zero-order valence-electron chi connectivity index (χ0n) is 19.0. The molecule has 11 heteroatoms. The van der Waals surface area contributed by atoms with Crippen LogP contribution in [0.1, 0.15) is 52.0 Å². The molecule has 1 fully saturated rings. The van der Waals surface area contributed by atoms with Crippen LogP contribution in [0.15, 0.2) is 30.3 Å². The number of esters is 1. The van der Waals surface area contributed by atoms with Crippen LogP contribution in [0.5, 0.6) is 0 Å². The lowest BCUT2D eigenvalue weighted by Crippen LogP contribution is -2.47. The van der Waals surface area contributed by atoms with E-state index in [4.69, 9.17) is 14.3 Å². The number of aliphatic hydroxyl groups excluding tert-OH is 1. The number of hydroxylamine groups is 2. The van der Waals surface area contributed by atoms with Crippen molar-refractivity contribution in [3.63, 3.8) is 0 Å². The van der Waals surface area contributed by atoms with Gasteiger partial charge in [0.2, 0.25) is 0 Å². The lowest BCUT2D eigenvalue weighted by Gasteiger charge is -2.24. The Bertz CT molecular complexity index is 825. The summed E-state index contributed by atoms with van der Waals surface area (Å²) in [7, 11) is 0. The molecule has 0 saturated carbocycles. The van der Waals surface area contributed by atoms with Gasteiger partial charge < -0.3 is 30.1 Å². The largest absolute Gasteiger partial charge is 0.461 e. The summed E-state index contributed by atoms with van der Waals surface area (Å²) in [5, 5.41) is 15.3. The van der Waals surface area contributed by atoms with Crippen molar-refractivity contribution in [1.29, 1.82) is 0 Å². The van der Waals surface area contributed by atoms with Gasteiger partial charge in [0.1, 0.15) is 12.2 Å². The molecule has 1 aromatic carbocycles. The van der Waals surface area contributed by atoms with Gasteiger partial charge >= 0.3 is 18.2 Å². The number of ether oxygens (including phenoxy) is 2. The average molecular weight is 466 g/mol. The van der Waals surface area contributed by atoms with Crippen molar-refractivity contribution in [3.8, 4) is 0 Å². The molecule has 2 rings (SSSR count). The number of hydrogen-bond donors (Lipinski definition) is 3. The summed E-state index contributed by atoms with van der Waals surface area (Å²) in [5.74, 6) is -0.981. The maximum Gasteiger partial charge on any atom is 0.431 e. The number of rotatable bonds is 9. The summed E-state index contributed by atoms with van der Waals surface area (Å²) in [6.45, 7) is 5.13. The number of amides is 3. The van der Waals surface area contributed by atoms with E-state index in [2.05, 4.69) is 10.6 Å². The SMILES string of the molecule is CC(C)(C)OC(=O)N[C@@H](CCC(=O)OCc1ccccc1)CNC(=O)ON1C(=O)CCC1O. The number of benzene rings is 1. The van der Waals surface area contributed by atoms with Gasteiger partial charge in [-0.1, -0.05) is 30.3 Å². The lowest BCUT2D eigenvalue weighted by molar-refractivity contribution is -0.189. The van der Waals surface area contributed by atoms with E-state index in [0.717, 1.165) is 5.56 Å². The van der Waals surface area contributed by atoms with Gasteiger partial charge in [0.25, 0.3) is 5.91 Å². The number of alkyl carbamates (subject to hydrolysis) is 1. The van der Waals surface area contributed by atoms with Crippen LogP contribution in [0.4, 0.5) is 9.59 Å². The molecule has 0 bridgehead atoms. The fourth-order valence-corrected chi connectivity index (χ4v) is 2.89. The van der Waals surface area contributed by atoms with Crippen molar-refractivity contribution in [1.82, 2.24) is 15.7 Å². The van der Waals surface area contributed by atoms with Crippen molar-refractivity contribution in [2.24, 2.45) is 0 Å². The van der Waals surface area contributed by atoms with E-state index >= 15 is 0 Å². The van der Waals surface area contributed by atoms with Crippen LogP contribution < -0.4 is 10.6 Å². The molecule has 11 nitrogen and oxygen atoms in total. The molecule has 1 heterocycles. The normalized spacial score (nSPS) is 16.7. The standard InChI is InChI=1S/C22H31N3O8/c1-22(2,3)32-21(30)24-16(9-12-19(28)31-14-15-7-5-4-6-8-15)13-23-20(29)33-25-17(26)10-11-18(25)27/h4-8,16-17,26H,9-14H2,1-3H3,(H,23,29)(H,24,30)/t16-,17?/m0/s1.